The lowest BCUT2D eigenvalue weighted by Gasteiger charge is -2.05. The number of nitrogens with zero attached hydrogens (tertiary/aromatic N) is 2. The van der Waals surface area contributed by atoms with Crippen LogP contribution in [0.5, 0.6) is 0 Å². The Morgan fingerprint density at radius 1 is 1.37 bits per heavy atom. The SMILES string of the molecule is Cn1ccc(=O)n(Cc2sccc2C#CCO)c1=O. The van der Waals surface area contributed by atoms with Gasteiger partial charge in [0.25, 0.3) is 5.56 Å². The normalized spacial score (nSPS) is 10.0. The van der Waals surface area contributed by atoms with Crippen LogP contribution in [0, 0.1) is 11.8 Å². The van der Waals surface area contributed by atoms with Gasteiger partial charge in [-0.3, -0.25) is 9.36 Å². The molecule has 0 unspecified atom stereocenters. The molecule has 2 aromatic rings. The summed E-state index contributed by atoms with van der Waals surface area (Å²) in [5.74, 6) is 5.36. The summed E-state index contributed by atoms with van der Waals surface area (Å²) in [5, 5.41) is 10.5. The standard InChI is InChI=1S/C13H12N2O3S/c1-14-6-4-12(17)15(13(14)18)9-11-10(3-2-7-16)5-8-19-11/h4-6,8,16H,7,9H2,1H3. The molecule has 0 amide bonds. The van der Waals surface area contributed by atoms with Crippen LogP contribution < -0.4 is 11.2 Å². The zero-order valence-electron chi connectivity index (χ0n) is 10.3. The first-order valence-electron chi connectivity index (χ1n) is 5.56. The summed E-state index contributed by atoms with van der Waals surface area (Å²) in [7, 11) is 1.60. The summed E-state index contributed by atoms with van der Waals surface area (Å²) < 4.78 is 2.52. The first-order valence-corrected chi connectivity index (χ1v) is 6.44. The number of aromatic nitrogens is 2. The van der Waals surface area contributed by atoms with Crippen LogP contribution in [0.25, 0.3) is 0 Å². The van der Waals surface area contributed by atoms with Crippen molar-refractivity contribution in [3.8, 4) is 11.8 Å². The van der Waals surface area contributed by atoms with E-state index in [-0.39, 0.29) is 24.4 Å². The van der Waals surface area contributed by atoms with Crippen LogP contribution in [-0.4, -0.2) is 20.8 Å². The van der Waals surface area contributed by atoms with Gasteiger partial charge in [0.2, 0.25) is 0 Å². The van der Waals surface area contributed by atoms with E-state index in [1.807, 2.05) is 5.38 Å². The van der Waals surface area contributed by atoms with Gasteiger partial charge >= 0.3 is 5.69 Å². The molecule has 0 aromatic carbocycles. The van der Waals surface area contributed by atoms with Crippen LogP contribution >= 0.6 is 11.3 Å². The third-order valence-corrected chi connectivity index (χ3v) is 3.49. The summed E-state index contributed by atoms with van der Waals surface area (Å²) in [6, 6.07) is 3.16. The van der Waals surface area contributed by atoms with Crippen molar-refractivity contribution in [1.82, 2.24) is 9.13 Å². The molecule has 0 aliphatic rings. The number of rotatable bonds is 2. The maximum Gasteiger partial charge on any atom is 0.331 e. The second kappa shape index (κ2) is 5.69. The van der Waals surface area contributed by atoms with Crippen molar-refractivity contribution in [3.63, 3.8) is 0 Å². The second-order valence-electron chi connectivity index (χ2n) is 3.85. The molecule has 0 bridgehead atoms. The second-order valence-corrected chi connectivity index (χ2v) is 4.85. The van der Waals surface area contributed by atoms with E-state index in [2.05, 4.69) is 11.8 Å². The highest BCUT2D eigenvalue weighted by Gasteiger charge is 2.08. The Labute approximate surface area is 113 Å². The van der Waals surface area contributed by atoms with Crippen molar-refractivity contribution in [2.45, 2.75) is 6.54 Å². The van der Waals surface area contributed by atoms with Crippen molar-refractivity contribution in [3.05, 3.63) is 55.0 Å². The number of aliphatic hydroxyl groups is 1. The van der Waals surface area contributed by atoms with Crippen molar-refractivity contribution >= 4 is 11.3 Å². The zero-order valence-corrected chi connectivity index (χ0v) is 11.1. The Bertz CT molecular complexity index is 758. The lowest BCUT2D eigenvalue weighted by molar-refractivity contribution is 0.350. The highest BCUT2D eigenvalue weighted by molar-refractivity contribution is 7.10. The first kappa shape index (κ1) is 13.3. The van der Waals surface area contributed by atoms with E-state index in [9.17, 15) is 9.59 Å². The van der Waals surface area contributed by atoms with Crippen molar-refractivity contribution in [2.75, 3.05) is 6.61 Å². The molecule has 1 N–H and O–H groups in total. The molecule has 2 heterocycles. The van der Waals surface area contributed by atoms with E-state index in [1.54, 1.807) is 13.1 Å². The Hall–Kier alpha value is -2.10. The van der Waals surface area contributed by atoms with Gasteiger partial charge in [-0.2, -0.15) is 0 Å². The van der Waals surface area contributed by atoms with E-state index in [0.29, 0.717) is 0 Å². The van der Waals surface area contributed by atoms with Crippen LogP contribution in [0.2, 0.25) is 0 Å². The molecule has 0 aliphatic carbocycles. The van der Waals surface area contributed by atoms with Gasteiger partial charge in [0.05, 0.1) is 6.54 Å². The predicted octanol–water partition coefficient (Wildman–Crippen LogP) is 0.000600. The monoisotopic (exact) mass is 276 g/mol. The third kappa shape index (κ3) is 2.84. The zero-order chi connectivity index (χ0) is 13.8. The van der Waals surface area contributed by atoms with Gasteiger partial charge in [0, 0.05) is 29.8 Å². The number of hydrogen-bond acceptors (Lipinski definition) is 4. The Morgan fingerprint density at radius 3 is 2.89 bits per heavy atom. The smallest absolute Gasteiger partial charge is 0.331 e. The molecule has 2 rings (SSSR count). The van der Waals surface area contributed by atoms with Crippen molar-refractivity contribution < 1.29 is 5.11 Å². The van der Waals surface area contributed by atoms with Gasteiger partial charge in [-0.25, -0.2) is 4.79 Å². The number of thiophene rings is 1. The van der Waals surface area contributed by atoms with Crippen LogP contribution in [0.3, 0.4) is 0 Å². The lowest BCUT2D eigenvalue weighted by Crippen LogP contribution is -2.38. The van der Waals surface area contributed by atoms with Crippen LogP contribution in [0.1, 0.15) is 10.4 Å². The molecular weight excluding hydrogens is 264 g/mol. The number of hydrogen-bond donors (Lipinski definition) is 1. The molecule has 0 atom stereocenters. The molecule has 0 saturated carbocycles. The Morgan fingerprint density at radius 2 is 2.16 bits per heavy atom. The fraction of sp³-hybridized carbons (Fsp3) is 0.231. The molecule has 5 nitrogen and oxygen atoms in total. The summed E-state index contributed by atoms with van der Waals surface area (Å²) in [4.78, 5) is 24.4. The fourth-order valence-corrected chi connectivity index (χ4v) is 2.43. The molecule has 0 saturated heterocycles. The molecule has 0 spiro atoms. The van der Waals surface area contributed by atoms with E-state index < -0.39 is 0 Å². The average Bonchev–Trinajstić information content (AvgIpc) is 2.84. The van der Waals surface area contributed by atoms with Crippen LogP contribution in [0.4, 0.5) is 0 Å². The summed E-state index contributed by atoms with van der Waals surface area (Å²) in [5.41, 5.74) is 0.0383. The molecule has 0 fully saturated rings. The van der Waals surface area contributed by atoms with Crippen molar-refractivity contribution in [1.29, 1.82) is 0 Å². The maximum atomic E-state index is 11.9. The minimum Gasteiger partial charge on any atom is -0.384 e. The molecule has 0 radical (unpaired) electrons. The van der Waals surface area contributed by atoms with Gasteiger partial charge in [-0.05, 0) is 11.4 Å². The lowest BCUT2D eigenvalue weighted by atomic mass is 10.2. The van der Waals surface area contributed by atoms with Gasteiger partial charge in [-0.1, -0.05) is 11.8 Å². The number of aryl methyl sites for hydroxylation is 1. The average molecular weight is 276 g/mol. The van der Waals surface area contributed by atoms with E-state index in [1.165, 1.54) is 28.2 Å². The van der Waals surface area contributed by atoms with E-state index in [0.717, 1.165) is 15.0 Å². The van der Waals surface area contributed by atoms with Gasteiger partial charge < -0.3 is 9.67 Å². The van der Waals surface area contributed by atoms with Gasteiger partial charge in [-0.15, -0.1) is 11.3 Å². The summed E-state index contributed by atoms with van der Waals surface area (Å²) in [6.07, 6.45) is 1.45. The van der Waals surface area contributed by atoms with Crippen LogP contribution in [0.15, 0.2) is 33.3 Å². The Balaban J connectivity index is 2.43. The third-order valence-electron chi connectivity index (χ3n) is 2.59. The minimum absolute atomic E-state index is 0.194. The highest BCUT2D eigenvalue weighted by atomic mass is 32.1. The quantitative estimate of drug-likeness (QED) is 0.785. The maximum absolute atomic E-state index is 11.9. The molecular formula is C13H12N2O3S. The fourth-order valence-electron chi connectivity index (χ4n) is 1.61. The van der Waals surface area contributed by atoms with Crippen molar-refractivity contribution in [2.24, 2.45) is 7.05 Å². The predicted molar refractivity (Wildman–Crippen MR) is 73.3 cm³/mol. The molecule has 6 heteroatoms. The largest absolute Gasteiger partial charge is 0.384 e. The van der Waals surface area contributed by atoms with Gasteiger partial charge in [0.15, 0.2) is 0 Å². The summed E-state index contributed by atoms with van der Waals surface area (Å²) in [6.45, 7) is -0.0260. The van der Waals surface area contributed by atoms with E-state index >= 15 is 0 Å². The Kier molecular flexibility index (Phi) is 4.00. The number of aliphatic hydroxyl groups excluding tert-OH is 1. The van der Waals surface area contributed by atoms with E-state index in [4.69, 9.17) is 5.11 Å². The minimum atomic E-state index is -0.359. The summed E-state index contributed by atoms with van der Waals surface area (Å²) >= 11 is 1.43. The highest BCUT2D eigenvalue weighted by Crippen LogP contribution is 2.16. The van der Waals surface area contributed by atoms with Crippen LogP contribution in [-0.2, 0) is 13.6 Å². The molecule has 0 aliphatic heterocycles. The van der Waals surface area contributed by atoms with Gasteiger partial charge in [0.1, 0.15) is 6.61 Å². The first-order chi connectivity index (χ1) is 9.13. The molecule has 2 aromatic heterocycles. The molecule has 98 valence electrons. The topological polar surface area (TPSA) is 64.2 Å². The molecule has 19 heavy (non-hydrogen) atoms.